The Bertz CT molecular complexity index is 1100. The minimum Gasteiger partial charge on any atom is -0.267 e. The first-order valence-corrected chi connectivity index (χ1v) is 11.4. The van der Waals surface area contributed by atoms with E-state index in [1.165, 1.54) is 27.8 Å². The molecule has 3 aromatic rings. The Morgan fingerprint density at radius 3 is 2.50 bits per heavy atom. The van der Waals surface area contributed by atoms with E-state index in [0.717, 1.165) is 23.5 Å². The Morgan fingerprint density at radius 2 is 1.93 bits per heavy atom. The second-order valence-corrected chi connectivity index (χ2v) is 9.76. The number of hydrogen-bond acceptors (Lipinski definition) is 7. The molecule has 0 N–H and O–H groups in total. The third kappa shape index (κ3) is 4.18. The fourth-order valence-corrected chi connectivity index (χ4v) is 5.95. The summed E-state index contributed by atoms with van der Waals surface area (Å²) in [6, 6.07) is 12.6. The Labute approximate surface area is 171 Å². The van der Waals surface area contributed by atoms with Gasteiger partial charge in [0.25, 0.3) is 15.7 Å². The molecule has 146 valence electrons. The summed E-state index contributed by atoms with van der Waals surface area (Å²) in [4.78, 5) is 15.5. The maximum Gasteiger partial charge on any atom is 0.284 e. The fourth-order valence-electron chi connectivity index (χ4n) is 2.57. The van der Waals surface area contributed by atoms with E-state index in [2.05, 4.69) is 4.98 Å². The number of rotatable bonds is 7. The molecule has 1 heterocycles. The SMILES string of the molecule is CCN(c1ccccc1)S(=O)(=O)c1ccc(Sc2nc(C)cs2)c([N+](=O)[O-])c1. The molecule has 0 saturated heterocycles. The van der Waals surface area contributed by atoms with E-state index in [-0.39, 0.29) is 17.1 Å². The zero-order valence-electron chi connectivity index (χ0n) is 15.1. The number of nitrogens with zero attached hydrogens (tertiary/aromatic N) is 3. The molecule has 10 heteroatoms. The van der Waals surface area contributed by atoms with Crippen molar-refractivity contribution in [2.45, 2.75) is 28.0 Å². The van der Waals surface area contributed by atoms with Gasteiger partial charge in [-0.3, -0.25) is 14.4 Å². The number of hydrogen-bond donors (Lipinski definition) is 0. The lowest BCUT2D eigenvalue weighted by molar-refractivity contribution is -0.388. The first-order chi connectivity index (χ1) is 13.3. The smallest absolute Gasteiger partial charge is 0.267 e. The highest BCUT2D eigenvalue weighted by atomic mass is 32.2. The highest BCUT2D eigenvalue weighted by Crippen LogP contribution is 2.38. The van der Waals surface area contributed by atoms with Gasteiger partial charge in [-0.1, -0.05) is 30.0 Å². The van der Waals surface area contributed by atoms with E-state index >= 15 is 0 Å². The summed E-state index contributed by atoms with van der Waals surface area (Å²) in [7, 11) is -3.94. The Hall–Kier alpha value is -2.43. The summed E-state index contributed by atoms with van der Waals surface area (Å²) in [6.07, 6.45) is 0. The second kappa shape index (κ2) is 8.29. The van der Waals surface area contributed by atoms with Crippen LogP contribution in [0.25, 0.3) is 0 Å². The summed E-state index contributed by atoms with van der Waals surface area (Å²) in [5, 5.41) is 13.4. The molecule has 0 aliphatic rings. The first-order valence-electron chi connectivity index (χ1n) is 8.29. The van der Waals surface area contributed by atoms with E-state index < -0.39 is 14.9 Å². The van der Waals surface area contributed by atoms with Crippen molar-refractivity contribution in [3.8, 4) is 0 Å². The molecule has 0 fully saturated rings. The van der Waals surface area contributed by atoms with Crippen molar-refractivity contribution in [3.63, 3.8) is 0 Å². The molecule has 0 unspecified atom stereocenters. The number of nitro groups is 1. The fraction of sp³-hybridized carbons (Fsp3) is 0.167. The van der Waals surface area contributed by atoms with Crippen LogP contribution in [0.4, 0.5) is 11.4 Å². The number of aromatic nitrogens is 1. The van der Waals surface area contributed by atoms with Gasteiger partial charge < -0.3 is 0 Å². The average Bonchev–Trinajstić information content (AvgIpc) is 3.07. The molecule has 0 saturated carbocycles. The summed E-state index contributed by atoms with van der Waals surface area (Å²) in [5.41, 5.74) is 1.07. The minimum atomic E-state index is -3.94. The van der Waals surface area contributed by atoms with Gasteiger partial charge >= 0.3 is 0 Å². The van der Waals surface area contributed by atoms with Gasteiger partial charge in [0.15, 0.2) is 4.34 Å². The van der Waals surface area contributed by atoms with Crippen LogP contribution >= 0.6 is 23.1 Å². The first kappa shape index (κ1) is 20.3. The van der Waals surface area contributed by atoms with Crippen LogP contribution in [-0.4, -0.2) is 24.9 Å². The third-order valence-electron chi connectivity index (χ3n) is 3.84. The summed E-state index contributed by atoms with van der Waals surface area (Å²) < 4.78 is 28.1. The number of sulfonamides is 1. The van der Waals surface area contributed by atoms with Crippen molar-refractivity contribution in [3.05, 3.63) is 69.7 Å². The molecule has 1 aromatic heterocycles. The van der Waals surface area contributed by atoms with Crippen molar-refractivity contribution in [2.75, 3.05) is 10.8 Å². The summed E-state index contributed by atoms with van der Waals surface area (Å²) in [5.74, 6) is 0. The second-order valence-electron chi connectivity index (χ2n) is 5.75. The topological polar surface area (TPSA) is 93.4 Å². The lowest BCUT2D eigenvalue weighted by Gasteiger charge is -2.22. The molecule has 0 amide bonds. The van der Waals surface area contributed by atoms with Crippen LogP contribution < -0.4 is 4.31 Å². The quantitative estimate of drug-likeness (QED) is 0.393. The van der Waals surface area contributed by atoms with Crippen LogP contribution in [0.3, 0.4) is 0 Å². The van der Waals surface area contributed by atoms with Gasteiger partial charge in [-0.15, -0.1) is 11.3 Å². The van der Waals surface area contributed by atoms with Gasteiger partial charge in [0.1, 0.15) is 0 Å². The number of benzene rings is 2. The average molecular weight is 436 g/mol. The highest BCUT2D eigenvalue weighted by Gasteiger charge is 2.27. The van der Waals surface area contributed by atoms with E-state index in [0.29, 0.717) is 14.9 Å². The summed E-state index contributed by atoms with van der Waals surface area (Å²) >= 11 is 2.53. The van der Waals surface area contributed by atoms with Crippen LogP contribution in [0.2, 0.25) is 0 Å². The monoisotopic (exact) mass is 435 g/mol. The molecule has 28 heavy (non-hydrogen) atoms. The molecule has 2 aromatic carbocycles. The minimum absolute atomic E-state index is 0.121. The van der Waals surface area contributed by atoms with Crippen molar-refractivity contribution in [1.29, 1.82) is 0 Å². The predicted octanol–water partition coefficient (Wildman–Crippen LogP) is 4.73. The maximum atomic E-state index is 13.1. The molecule has 7 nitrogen and oxygen atoms in total. The van der Waals surface area contributed by atoms with Gasteiger partial charge in [-0.25, -0.2) is 13.4 Å². The van der Waals surface area contributed by atoms with E-state index in [1.807, 2.05) is 12.3 Å². The molecular formula is C18H17N3O4S3. The van der Waals surface area contributed by atoms with Crippen molar-refractivity contribution in [2.24, 2.45) is 0 Å². The van der Waals surface area contributed by atoms with Crippen LogP contribution in [0.15, 0.2) is 68.0 Å². The Balaban J connectivity index is 2.02. The van der Waals surface area contributed by atoms with Crippen molar-refractivity contribution >= 4 is 44.5 Å². The molecule has 0 radical (unpaired) electrons. The molecule has 0 aliphatic carbocycles. The number of nitro benzene ring substituents is 1. The van der Waals surface area contributed by atoms with E-state index in [4.69, 9.17) is 0 Å². The van der Waals surface area contributed by atoms with Gasteiger partial charge in [-0.2, -0.15) is 0 Å². The van der Waals surface area contributed by atoms with Gasteiger partial charge in [0.05, 0.1) is 20.4 Å². The molecule has 0 atom stereocenters. The third-order valence-corrected chi connectivity index (χ3v) is 7.86. The largest absolute Gasteiger partial charge is 0.284 e. The number of thiazole rings is 1. The predicted molar refractivity (Wildman–Crippen MR) is 111 cm³/mol. The number of anilines is 1. The van der Waals surface area contributed by atoms with Gasteiger partial charge in [0, 0.05) is 23.7 Å². The van der Waals surface area contributed by atoms with Crippen LogP contribution in [0, 0.1) is 17.0 Å². The normalized spacial score (nSPS) is 11.4. The van der Waals surface area contributed by atoms with Crippen LogP contribution in [0.1, 0.15) is 12.6 Å². The standard InChI is InChI=1S/C18H17N3O4S3/c1-3-20(14-7-5-4-6-8-14)28(24,25)15-9-10-17(16(11-15)21(22)23)27-18-19-13(2)12-26-18/h4-12H,3H2,1-2H3. The van der Waals surface area contributed by atoms with Gasteiger partial charge in [0.2, 0.25) is 0 Å². The Morgan fingerprint density at radius 1 is 1.21 bits per heavy atom. The lowest BCUT2D eigenvalue weighted by Crippen LogP contribution is -2.30. The number of para-hydroxylation sites is 1. The number of aryl methyl sites for hydroxylation is 1. The van der Waals surface area contributed by atoms with Crippen LogP contribution in [0.5, 0.6) is 0 Å². The molecule has 0 aliphatic heterocycles. The van der Waals surface area contributed by atoms with Gasteiger partial charge in [-0.05, 0) is 38.1 Å². The van der Waals surface area contributed by atoms with Crippen molar-refractivity contribution in [1.82, 2.24) is 4.98 Å². The highest BCUT2D eigenvalue weighted by molar-refractivity contribution is 8.01. The van der Waals surface area contributed by atoms with Crippen LogP contribution in [-0.2, 0) is 10.0 Å². The molecule has 0 spiro atoms. The zero-order valence-corrected chi connectivity index (χ0v) is 17.6. The summed E-state index contributed by atoms with van der Waals surface area (Å²) in [6.45, 7) is 3.76. The lowest BCUT2D eigenvalue weighted by atomic mass is 10.3. The molecule has 0 bridgehead atoms. The van der Waals surface area contributed by atoms with E-state index in [9.17, 15) is 18.5 Å². The molecule has 3 rings (SSSR count). The Kier molecular flexibility index (Phi) is 6.01. The van der Waals surface area contributed by atoms with Crippen molar-refractivity contribution < 1.29 is 13.3 Å². The van der Waals surface area contributed by atoms with E-state index in [1.54, 1.807) is 37.3 Å². The molecular weight excluding hydrogens is 418 g/mol. The maximum absolute atomic E-state index is 13.1. The zero-order chi connectivity index (χ0) is 20.3.